The van der Waals surface area contributed by atoms with Crippen LogP contribution < -0.4 is 5.32 Å². The van der Waals surface area contributed by atoms with E-state index in [2.05, 4.69) is 54.7 Å². The van der Waals surface area contributed by atoms with Gasteiger partial charge in [-0.1, -0.05) is 24.3 Å². The molecule has 1 N–H and O–H groups in total. The van der Waals surface area contributed by atoms with Crippen LogP contribution in [-0.2, 0) is 0 Å². The molecule has 2 heterocycles. The molecule has 2 nitrogen and oxygen atoms in total. The summed E-state index contributed by atoms with van der Waals surface area (Å²) < 4.78 is 1.29. The molecule has 0 bridgehead atoms. The standard InChI is InChI=1S/C17H16N2S/c1-11-6-7-16-15(10-11)19-17(20-16)13-8-9-18-14-5-3-2-4-12(13)14/h2-7,10,13,18H,8-9H2,1H3. The van der Waals surface area contributed by atoms with Crippen LogP contribution in [0.2, 0.25) is 0 Å². The van der Waals surface area contributed by atoms with Crippen LogP contribution >= 0.6 is 11.3 Å². The maximum atomic E-state index is 4.89. The van der Waals surface area contributed by atoms with Crippen LogP contribution in [0.5, 0.6) is 0 Å². The summed E-state index contributed by atoms with van der Waals surface area (Å²) in [7, 11) is 0. The zero-order valence-electron chi connectivity index (χ0n) is 11.4. The second-order valence-electron chi connectivity index (χ2n) is 5.38. The first-order valence-electron chi connectivity index (χ1n) is 7.01. The highest BCUT2D eigenvalue weighted by atomic mass is 32.1. The first-order chi connectivity index (χ1) is 9.81. The van der Waals surface area contributed by atoms with Crippen molar-refractivity contribution < 1.29 is 0 Å². The van der Waals surface area contributed by atoms with E-state index >= 15 is 0 Å². The van der Waals surface area contributed by atoms with Crippen LogP contribution in [0.1, 0.15) is 28.5 Å². The van der Waals surface area contributed by atoms with Crippen LogP contribution in [0, 0.1) is 6.92 Å². The Balaban J connectivity index is 1.84. The van der Waals surface area contributed by atoms with E-state index in [4.69, 9.17) is 4.98 Å². The van der Waals surface area contributed by atoms with Crippen molar-refractivity contribution in [3.8, 4) is 0 Å². The molecular weight excluding hydrogens is 264 g/mol. The molecule has 1 aliphatic heterocycles. The average Bonchev–Trinajstić information content (AvgIpc) is 2.89. The molecule has 0 saturated carbocycles. The molecule has 1 aromatic heterocycles. The zero-order valence-corrected chi connectivity index (χ0v) is 12.2. The highest BCUT2D eigenvalue weighted by Crippen LogP contribution is 2.39. The fourth-order valence-corrected chi connectivity index (χ4v) is 4.03. The second kappa shape index (κ2) is 4.60. The van der Waals surface area contributed by atoms with Gasteiger partial charge < -0.3 is 5.32 Å². The third-order valence-electron chi connectivity index (χ3n) is 3.94. The summed E-state index contributed by atoms with van der Waals surface area (Å²) in [5.74, 6) is 0.435. The number of rotatable bonds is 1. The molecule has 100 valence electrons. The molecule has 3 heteroatoms. The number of nitrogens with one attached hydrogen (secondary N) is 1. The largest absolute Gasteiger partial charge is 0.385 e. The molecule has 4 rings (SSSR count). The third kappa shape index (κ3) is 1.90. The summed E-state index contributed by atoms with van der Waals surface area (Å²) in [6.07, 6.45) is 1.12. The number of aryl methyl sites for hydroxylation is 1. The Morgan fingerprint density at radius 1 is 1.20 bits per heavy atom. The third-order valence-corrected chi connectivity index (χ3v) is 5.09. The lowest BCUT2D eigenvalue weighted by atomic mass is 9.91. The lowest BCUT2D eigenvalue weighted by Crippen LogP contribution is -2.17. The molecule has 0 saturated heterocycles. The fraction of sp³-hybridized carbons (Fsp3) is 0.235. The SMILES string of the molecule is Cc1ccc2sc(C3CCNc4ccccc43)nc2c1. The number of anilines is 1. The van der Waals surface area contributed by atoms with E-state index < -0.39 is 0 Å². The number of benzene rings is 2. The van der Waals surface area contributed by atoms with Crippen molar-refractivity contribution in [3.05, 3.63) is 58.6 Å². The van der Waals surface area contributed by atoms with Crippen molar-refractivity contribution in [2.75, 3.05) is 11.9 Å². The first kappa shape index (κ1) is 11.9. The van der Waals surface area contributed by atoms with Gasteiger partial charge in [-0.3, -0.25) is 0 Å². The molecule has 1 aliphatic rings. The molecule has 3 aromatic rings. The summed E-state index contributed by atoms with van der Waals surface area (Å²) in [4.78, 5) is 4.89. The molecule has 0 fully saturated rings. The second-order valence-corrected chi connectivity index (χ2v) is 6.44. The minimum absolute atomic E-state index is 0.435. The van der Waals surface area contributed by atoms with Crippen molar-refractivity contribution in [2.45, 2.75) is 19.3 Å². The molecule has 0 amide bonds. The average molecular weight is 280 g/mol. The fourth-order valence-electron chi connectivity index (χ4n) is 2.93. The summed E-state index contributed by atoms with van der Waals surface area (Å²) >= 11 is 1.84. The van der Waals surface area contributed by atoms with E-state index in [1.54, 1.807) is 0 Å². The smallest absolute Gasteiger partial charge is 0.101 e. The summed E-state index contributed by atoms with van der Waals surface area (Å²) in [6, 6.07) is 15.1. The van der Waals surface area contributed by atoms with Gasteiger partial charge in [0.1, 0.15) is 5.01 Å². The monoisotopic (exact) mass is 280 g/mol. The van der Waals surface area contributed by atoms with Gasteiger partial charge >= 0.3 is 0 Å². The first-order valence-corrected chi connectivity index (χ1v) is 7.83. The van der Waals surface area contributed by atoms with Gasteiger partial charge in [0.05, 0.1) is 10.2 Å². The van der Waals surface area contributed by atoms with Crippen molar-refractivity contribution in [1.82, 2.24) is 4.98 Å². The quantitative estimate of drug-likeness (QED) is 0.707. The van der Waals surface area contributed by atoms with E-state index in [1.165, 1.54) is 26.5 Å². The molecule has 0 spiro atoms. The van der Waals surface area contributed by atoms with Crippen molar-refractivity contribution in [1.29, 1.82) is 0 Å². The minimum Gasteiger partial charge on any atom is -0.385 e. The van der Waals surface area contributed by atoms with Crippen molar-refractivity contribution in [2.24, 2.45) is 0 Å². The normalized spacial score (nSPS) is 17.8. The highest BCUT2D eigenvalue weighted by molar-refractivity contribution is 7.18. The van der Waals surface area contributed by atoms with E-state index in [-0.39, 0.29) is 0 Å². The molecule has 0 aliphatic carbocycles. The molecular formula is C17H16N2S. The van der Waals surface area contributed by atoms with Gasteiger partial charge in [0.25, 0.3) is 0 Å². The topological polar surface area (TPSA) is 24.9 Å². The van der Waals surface area contributed by atoms with Gasteiger partial charge in [0, 0.05) is 18.2 Å². The van der Waals surface area contributed by atoms with Gasteiger partial charge in [0.15, 0.2) is 0 Å². The Bertz CT molecular complexity index is 776. The van der Waals surface area contributed by atoms with E-state index in [0.717, 1.165) is 18.5 Å². The Morgan fingerprint density at radius 3 is 3.05 bits per heavy atom. The van der Waals surface area contributed by atoms with Crippen LogP contribution in [0.3, 0.4) is 0 Å². The van der Waals surface area contributed by atoms with Gasteiger partial charge in [-0.25, -0.2) is 4.98 Å². The number of thiazole rings is 1. The van der Waals surface area contributed by atoms with Gasteiger partial charge in [-0.15, -0.1) is 11.3 Å². The molecule has 2 aromatic carbocycles. The number of para-hydroxylation sites is 1. The summed E-state index contributed by atoms with van der Waals surface area (Å²) in [5.41, 5.74) is 5.06. The Hall–Kier alpha value is -1.87. The number of aromatic nitrogens is 1. The molecule has 20 heavy (non-hydrogen) atoms. The lowest BCUT2D eigenvalue weighted by molar-refractivity contribution is 0.716. The number of nitrogens with zero attached hydrogens (tertiary/aromatic N) is 1. The van der Waals surface area contributed by atoms with Crippen molar-refractivity contribution in [3.63, 3.8) is 0 Å². The highest BCUT2D eigenvalue weighted by Gasteiger charge is 2.24. The van der Waals surface area contributed by atoms with Crippen LogP contribution in [-0.4, -0.2) is 11.5 Å². The van der Waals surface area contributed by atoms with Crippen LogP contribution in [0.15, 0.2) is 42.5 Å². The number of hydrogen-bond acceptors (Lipinski definition) is 3. The predicted molar refractivity (Wildman–Crippen MR) is 85.7 cm³/mol. The minimum atomic E-state index is 0.435. The molecule has 1 unspecified atom stereocenters. The Morgan fingerprint density at radius 2 is 2.10 bits per heavy atom. The predicted octanol–water partition coefficient (Wildman–Crippen LogP) is 4.55. The Kier molecular flexibility index (Phi) is 2.74. The number of fused-ring (bicyclic) bond motifs is 2. The molecule has 1 atom stereocenters. The van der Waals surface area contributed by atoms with E-state index in [0.29, 0.717) is 5.92 Å². The maximum absolute atomic E-state index is 4.89. The van der Waals surface area contributed by atoms with E-state index in [1.807, 2.05) is 11.3 Å². The van der Waals surface area contributed by atoms with Crippen LogP contribution in [0.4, 0.5) is 5.69 Å². The summed E-state index contributed by atoms with van der Waals surface area (Å²) in [5, 5.41) is 4.73. The Labute approximate surface area is 122 Å². The lowest BCUT2D eigenvalue weighted by Gasteiger charge is -2.25. The van der Waals surface area contributed by atoms with E-state index in [9.17, 15) is 0 Å². The number of hydrogen-bond donors (Lipinski definition) is 1. The zero-order chi connectivity index (χ0) is 13.5. The van der Waals surface area contributed by atoms with Crippen LogP contribution in [0.25, 0.3) is 10.2 Å². The van der Waals surface area contributed by atoms with Gasteiger partial charge in [-0.2, -0.15) is 0 Å². The maximum Gasteiger partial charge on any atom is 0.101 e. The molecule has 0 radical (unpaired) electrons. The van der Waals surface area contributed by atoms with Crippen molar-refractivity contribution >= 4 is 27.2 Å². The van der Waals surface area contributed by atoms with Gasteiger partial charge in [-0.05, 0) is 42.7 Å². The van der Waals surface area contributed by atoms with Gasteiger partial charge in [0.2, 0.25) is 0 Å². The summed E-state index contributed by atoms with van der Waals surface area (Å²) in [6.45, 7) is 3.15.